The van der Waals surface area contributed by atoms with E-state index < -0.39 is 22.7 Å². The van der Waals surface area contributed by atoms with Gasteiger partial charge >= 0.3 is 6.18 Å². The first kappa shape index (κ1) is 17.4. The van der Waals surface area contributed by atoms with Gasteiger partial charge in [-0.1, -0.05) is 0 Å². The van der Waals surface area contributed by atoms with Gasteiger partial charge in [0.2, 0.25) is 10.0 Å². The second-order valence-electron chi connectivity index (χ2n) is 5.92. The van der Waals surface area contributed by atoms with Gasteiger partial charge in [0.15, 0.2) is 0 Å². The number of halogens is 4. The molecule has 0 aliphatic carbocycles. The Morgan fingerprint density at radius 1 is 1.22 bits per heavy atom. The van der Waals surface area contributed by atoms with Gasteiger partial charge in [-0.25, -0.2) is 8.42 Å². The van der Waals surface area contributed by atoms with Crippen molar-refractivity contribution in [2.24, 2.45) is 0 Å². The molecule has 0 amide bonds. The zero-order chi connectivity index (χ0) is 16.8. The molecule has 23 heavy (non-hydrogen) atoms. The highest BCUT2D eigenvalue weighted by atomic mass is 127. The van der Waals surface area contributed by atoms with Crippen LogP contribution in [0, 0.1) is 3.57 Å². The van der Waals surface area contributed by atoms with E-state index >= 15 is 0 Å². The Hall–Kier alpha value is -0.390. The summed E-state index contributed by atoms with van der Waals surface area (Å²) < 4.78 is 65.0. The molecule has 0 atom stereocenters. The van der Waals surface area contributed by atoms with Crippen molar-refractivity contribution in [3.63, 3.8) is 0 Å². The number of nitrogens with zero attached hydrogens (tertiary/aromatic N) is 2. The molecule has 3 rings (SSSR count). The molecule has 4 nitrogen and oxygen atoms in total. The lowest BCUT2D eigenvalue weighted by Crippen LogP contribution is -2.47. The van der Waals surface area contributed by atoms with Gasteiger partial charge in [-0.2, -0.15) is 17.5 Å². The minimum absolute atomic E-state index is 0.227. The first-order chi connectivity index (χ1) is 10.7. The van der Waals surface area contributed by atoms with Gasteiger partial charge in [-0.15, -0.1) is 0 Å². The van der Waals surface area contributed by atoms with Gasteiger partial charge < -0.3 is 0 Å². The molecule has 9 heteroatoms. The average Bonchev–Trinajstić information content (AvgIpc) is 2.69. The van der Waals surface area contributed by atoms with Crippen LogP contribution in [-0.2, 0) is 16.6 Å². The zero-order valence-corrected chi connectivity index (χ0v) is 15.2. The number of piperidine rings is 1. The second kappa shape index (κ2) is 6.16. The molecule has 1 aromatic rings. The van der Waals surface area contributed by atoms with Crippen molar-refractivity contribution in [3.8, 4) is 0 Å². The van der Waals surface area contributed by atoms with Gasteiger partial charge in [0.05, 0.1) is 11.4 Å². The van der Waals surface area contributed by atoms with Crippen LogP contribution >= 0.6 is 22.6 Å². The van der Waals surface area contributed by atoms with Crippen LogP contribution in [0.2, 0.25) is 0 Å². The third-order valence-electron chi connectivity index (χ3n) is 4.30. The van der Waals surface area contributed by atoms with Crippen molar-refractivity contribution in [3.05, 3.63) is 27.3 Å². The molecule has 0 spiro atoms. The molecular formula is C14H16F3IN2O2S. The van der Waals surface area contributed by atoms with Gasteiger partial charge in [-0.05, 0) is 59.2 Å². The fourth-order valence-corrected chi connectivity index (χ4v) is 5.66. The van der Waals surface area contributed by atoms with Crippen LogP contribution in [0.5, 0.6) is 0 Å². The molecule has 0 saturated carbocycles. The van der Waals surface area contributed by atoms with Gasteiger partial charge in [0, 0.05) is 29.2 Å². The fourth-order valence-electron chi connectivity index (χ4n) is 3.25. The lowest BCUT2D eigenvalue weighted by atomic mass is 10.0. The normalized spacial score (nSPS) is 23.1. The molecule has 1 aromatic carbocycles. The number of benzene rings is 1. The molecule has 1 saturated heterocycles. The molecule has 128 valence electrons. The van der Waals surface area contributed by atoms with E-state index in [2.05, 4.69) is 22.6 Å². The van der Waals surface area contributed by atoms with Crippen molar-refractivity contribution in [1.82, 2.24) is 9.21 Å². The summed E-state index contributed by atoms with van der Waals surface area (Å²) in [5.74, 6) is 0. The Morgan fingerprint density at radius 2 is 1.87 bits per heavy atom. The molecule has 0 radical (unpaired) electrons. The van der Waals surface area contributed by atoms with Crippen LogP contribution in [0.3, 0.4) is 0 Å². The Morgan fingerprint density at radius 3 is 2.48 bits per heavy atom. The third-order valence-corrected chi connectivity index (χ3v) is 6.97. The largest absolute Gasteiger partial charge is 0.401 e. The molecule has 2 aliphatic rings. The summed E-state index contributed by atoms with van der Waals surface area (Å²) in [6.07, 6.45) is -3.35. The van der Waals surface area contributed by atoms with E-state index in [-0.39, 0.29) is 19.1 Å². The standard InChI is InChI=1S/C14H16F3IN2O2S/c15-14(16,17)9-19-5-3-12(4-6-19)20-8-10-7-11(18)1-2-13(10)23(20,21)22/h1-2,7,12H,3-6,8-9H2. The van der Waals surface area contributed by atoms with Crippen LogP contribution in [0.1, 0.15) is 18.4 Å². The first-order valence-electron chi connectivity index (χ1n) is 7.26. The van der Waals surface area contributed by atoms with Crippen molar-refractivity contribution in [1.29, 1.82) is 0 Å². The summed E-state index contributed by atoms with van der Waals surface area (Å²) >= 11 is 2.14. The van der Waals surface area contributed by atoms with Crippen molar-refractivity contribution >= 4 is 32.6 Å². The lowest BCUT2D eigenvalue weighted by molar-refractivity contribution is -0.148. The van der Waals surface area contributed by atoms with Crippen LogP contribution in [0.4, 0.5) is 13.2 Å². The molecule has 0 N–H and O–H groups in total. The molecule has 0 bridgehead atoms. The number of alkyl halides is 3. The number of fused-ring (bicyclic) bond motifs is 1. The number of likely N-dealkylation sites (tertiary alicyclic amines) is 1. The van der Waals surface area contributed by atoms with Crippen LogP contribution in [0.15, 0.2) is 23.1 Å². The van der Waals surface area contributed by atoms with Gasteiger partial charge in [0.25, 0.3) is 0 Å². The van der Waals surface area contributed by atoms with E-state index in [9.17, 15) is 21.6 Å². The minimum atomic E-state index is -4.21. The van der Waals surface area contributed by atoms with Crippen molar-refractivity contribution < 1.29 is 21.6 Å². The number of hydrogen-bond acceptors (Lipinski definition) is 3. The summed E-state index contributed by atoms with van der Waals surface area (Å²) in [6.45, 7) is -0.0719. The molecular weight excluding hydrogens is 444 g/mol. The minimum Gasteiger partial charge on any atom is -0.295 e. The van der Waals surface area contributed by atoms with E-state index in [1.54, 1.807) is 12.1 Å². The van der Waals surface area contributed by atoms with Crippen LogP contribution < -0.4 is 0 Å². The molecule has 2 aliphatic heterocycles. The van der Waals surface area contributed by atoms with E-state index in [0.717, 1.165) is 9.13 Å². The van der Waals surface area contributed by atoms with Gasteiger partial charge in [-0.3, -0.25) is 4.90 Å². The smallest absolute Gasteiger partial charge is 0.295 e. The van der Waals surface area contributed by atoms with Crippen molar-refractivity contribution in [2.75, 3.05) is 19.6 Å². The third kappa shape index (κ3) is 3.67. The highest BCUT2D eigenvalue weighted by Crippen LogP contribution is 2.35. The zero-order valence-electron chi connectivity index (χ0n) is 12.2. The highest BCUT2D eigenvalue weighted by Gasteiger charge is 2.41. The Labute approximate surface area is 146 Å². The maximum atomic E-state index is 12.6. The second-order valence-corrected chi connectivity index (χ2v) is 9.03. The summed E-state index contributed by atoms with van der Waals surface area (Å²) in [5, 5.41) is 0. The highest BCUT2D eigenvalue weighted by molar-refractivity contribution is 14.1. The molecule has 0 aromatic heterocycles. The SMILES string of the molecule is O=S1(=O)c2ccc(I)cc2CN1C1CCN(CC(F)(F)F)CC1. The Kier molecular flexibility index (Phi) is 4.67. The average molecular weight is 460 g/mol. The lowest BCUT2D eigenvalue weighted by Gasteiger charge is -2.36. The van der Waals surface area contributed by atoms with Crippen molar-refractivity contribution in [2.45, 2.75) is 36.5 Å². The quantitative estimate of drug-likeness (QED) is 0.638. The van der Waals surface area contributed by atoms with E-state index in [4.69, 9.17) is 0 Å². The monoisotopic (exact) mass is 460 g/mol. The molecule has 0 unspecified atom stereocenters. The summed E-state index contributed by atoms with van der Waals surface area (Å²) in [5.41, 5.74) is 0.773. The maximum Gasteiger partial charge on any atom is 0.401 e. The fraction of sp³-hybridized carbons (Fsp3) is 0.571. The predicted molar refractivity (Wildman–Crippen MR) is 87.4 cm³/mol. The number of hydrogen-bond donors (Lipinski definition) is 0. The summed E-state index contributed by atoms with van der Waals surface area (Å²) in [6, 6.07) is 5.00. The first-order valence-corrected chi connectivity index (χ1v) is 9.78. The predicted octanol–water partition coefficient (Wildman–Crippen LogP) is 2.82. The maximum absolute atomic E-state index is 12.6. The van der Waals surface area contributed by atoms with Crippen LogP contribution in [-0.4, -0.2) is 49.5 Å². The number of rotatable bonds is 2. The van der Waals surface area contributed by atoms with Gasteiger partial charge in [0.1, 0.15) is 0 Å². The van der Waals surface area contributed by atoms with E-state index in [1.807, 2.05) is 6.07 Å². The summed E-state index contributed by atoms with van der Waals surface area (Å²) in [7, 11) is -3.53. The van der Waals surface area contributed by atoms with E-state index in [1.165, 1.54) is 9.21 Å². The Bertz CT molecular complexity index is 700. The molecule has 1 fully saturated rings. The topological polar surface area (TPSA) is 40.6 Å². The molecule has 2 heterocycles. The van der Waals surface area contributed by atoms with Crippen LogP contribution in [0.25, 0.3) is 0 Å². The Balaban J connectivity index is 1.71. The number of sulfonamides is 1. The summed E-state index contributed by atoms with van der Waals surface area (Å²) in [4.78, 5) is 1.67. The van der Waals surface area contributed by atoms with E-state index in [0.29, 0.717) is 24.3 Å².